The fourth-order valence-corrected chi connectivity index (χ4v) is 3.53. The van der Waals surface area contributed by atoms with Gasteiger partial charge in [0.1, 0.15) is 0 Å². The Hall–Kier alpha value is -1.02. The molecule has 3 rings (SSSR count). The highest BCUT2D eigenvalue weighted by Gasteiger charge is 2.19. The van der Waals surface area contributed by atoms with Gasteiger partial charge in [0, 0.05) is 24.8 Å². The topological polar surface area (TPSA) is 15.3 Å². The minimum absolute atomic E-state index is 0.667. The molecule has 2 nitrogen and oxygen atoms in total. The lowest BCUT2D eigenvalue weighted by Crippen LogP contribution is -2.37. The van der Waals surface area contributed by atoms with Crippen molar-refractivity contribution in [2.75, 3.05) is 24.5 Å². The van der Waals surface area contributed by atoms with Gasteiger partial charge in [-0.3, -0.25) is 0 Å². The predicted octanol–water partition coefficient (Wildman–Crippen LogP) is 3.14. The summed E-state index contributed by atoms with van der Waals surface area (Å²) in [5.41, 5.74) is 4.63. The molecule has 0 saturated carbocycles. The molecule has 104 valence electrons. The number of hydrogen-bond donors (Lipinski definition) is 1. The minimum Gasteiger partial charge on any atom is -0.370 e. The van der Waals surface area contributed by atoms with Gasteiger partial charge in [0.25, 0.3) is 0 Å². The second kappa shape index (κ2) is 5.96. The van der Waals surface area contributed by atoms with Crippen LogP contribution in [0, 0.1) is 0 Å². The average Bonchev–Trinajstić information content (AvgIpc) is 2.77. The summed E-state index contributed by atoms with van der Waals surface area (Å²) in [4.78, 5) is 2.60. The van der Waals surface area contributed by atoms with Gasteiger partial charge in [-0.2, -0.15) is 0 Å². The first-order valence-electron chi connectivity index (χ1n) is 7.97. The molecule has 1 aromatic rings. The van der Waals surface area contributed by atoms with Crippen LogP contribution in [0.1, 0.15) is 43.7 Å². The molecule has 1 aliphatic heterocycles. The third kappa shape index (κ3) is 2.94. The average molecular weight is 258 g/mol. The van der Waals surface area contributed by atoms with E-state index in [0.717, 1.165) is 0 Å². The molecule has 1 heterocycles. The molecule has 1 aliphatic carbocycles. The summed E-state index contributed by atoms with van der Waals surface area (Å²) in [5.74, 6) is 0. The Kier molecular flexibility index (Phi) is 4.07. The van der Waals surface area contributed by atoms with E-state index in [-0.39, 0.29) is 0 Å². The number of fused-ring (bicyclic) bond motifs is 1. The zero-order valence-electron chi connectivity index (χ0n) is 12.1. The van der Waals surface area contributed by atoms with Gasteiger partial charge in [-0.25, -0.2) is 0 Å². The Morgan fingerprint density at radius 1 is 1.21 bits per heavy atom. The highest BCUT2D eigenvalue weighted by Crippen LogP contribution is 2.27. The molecular weight excluding hydrogens is 232 g/mol. The molecule has 2 heteroatoms. The van der Waals surface area contributed by atoms with Crippen LogP contribution in [-0.2, 0) is 12.8 Å². The van der Waals surface area contributed by atoms with Crippen LogP contribution < -0.4 is 10.2 Å². The van der Waals surface area contributed by atoms with Crippen LogP contribution in [0.25, 0.3) is 0 Å². The molecule has 1 aromatic carbocycles. The van der Waals surface area contributed by atoms with Gasteiger partial charge in [-0.1, -0.05) is 19.4 Å². The summed E-state index contributed by atoms with van der Waals surface area (Å²) in [5, 5.41) is 3.69. The van der Waals surface area contributed by atoms with E-state index in [1.165, 1.54) is 63.8 Å². The fraction of sp³-hybridized carbons (Fsp3) is 0.647. The lowest BCUT2D eigenvalue weighted by Gasteiger charge is -2.27. The first-order valence-corrected chi connectivity index (χ1v) is 7.97. The van der Waals surface area contributed by atoms with Gasteiger partial charge in [0.05, 0.1) is 0 Å². The summed E-state index contributed by atoms with van der Waals surface area (Å²) in [6.07, 6.45) is 7.75. The SMILES string of the molecule is CCCC1CN(c2ccc3c(c2)CCC3)CCCN1. The molecule has 0 radical (unpaired) electrons. The molecule has 1 unspecified atom stereocenters. The van der Waals surface area contributed by atoms with Crippen LogP contribution in [-0.4, -0.2) is 25.7 Å². The van der Waals surface area contributed by atoms with E-state index in [2.05, 4.69) is 35.3 Å². The summed E-state index contributed by atoms with van der Waals surface area (Å²) in [6.45, 7) is 5.83. The Bertz CT molecular complexity index is 427. The van der Waals surface area contributed by atoms with Crippen LogP contribution in [0.3, 0.4) is 0 Å². The Morgan fingerprint density at radius 2 is 2.11 bits per heavy atom. The molecule has 0 bridgehead atoms. The van der Waals surface area contributed by atoms with Crippen LogP contribution in [0.2, 0.25) is 0 Å². The third-order valence-corrected chi connectivity index (χ3v) is 4.56. The zero-order valence-corrected chi connectivity index (χ0v) is 12.1. The van der Waals surface area contributed by atoms with Gasteiger partial charge in [-0.05, 0) is 61.9 Å². The van der Waals surface area contributed by atoms with E-state index < -0.39 is 0 Å². The van der Waals surface area contributed by atoms with Crippen molar-refractivity contribution in [3.8, 4) is 0 Å². The van der Waals surface area contributed by atoms with E-state index in [1.54, 1.807) is 11.1 Å². The number of nitrogens with zero attached hydrogens (tertiary/aromatic N) is 1. The van der Waals surface area contributed by atoms with Gasteiger partial charge < -0.3 is 10.2 Å². The molecule has 1 atom stereocenters. The largest absolute Gasteiger partial charge is 0.370 e. The molecule has 1 fully saturated rings. The van der Waals surface area contributed by atoms with Gasteiger partial charge in [0.2, 0.25) is 0 Å². The highest BCUT2D eigenvalue weighted by atomic mass is 15.2. The van der Waals surface area contributed by atoms with Crippen LogP contribution >= 0.6 is 0 Å². The number of rotatable bonds is 3. The van der Waals surface area contributed by atoms with Crippen molar-refractivity contribution >= 4 is 5.69 Å². The van der Waals surface area contributed by atoms with E-state index >= 15 is 0 Å². The molecule has 0 spiro atoms. The molecule has 19 heavy (non-hydrogen) atoms. The number of anilines is 1. The standard InChI is InChI=1S/C17H26N2/c1-2-5-16-13-19(11-4-10-18-16)17-9-8-14-6-3-7-15(14)12-17/h8-9,12,16,18H,2-7,10-11,13H2,1H3. The fourth-order valence-electron chi connectivity index (χ4n) is 3.53. The van der Waals surface area contributed by atoms with Crippen LogP contribution in [0.5, 0.6) is 0 Å². The molecule has 1 N–H and O–H groups in total. The van der Waals surface area contributed by atoms with Crippen molar-refractivity contribution in [3.63, 3.8) is 0 Å². The van der Waals surface area contributed by atoms with E-state index in [1.807, 2.05) is 0 Å². The lowest BCUT2D eigenvalue weighted by molar-refractivity contribution is 0.502. The van der Waals surface area contributed by atoms with E-state index in [0.29, 0.717) is 6.04 Å². The number of aryl methyl sites for hydroxylation is 2. The first-order chi connectivity index (χ1) is 9.36. The predicted molar refractivity (Wildman–Crippen MR) is 82.0 cm³/mol. The van der Waals surface area contributed by atoms with Crippen molar-refractivity contribution in [2.24, 2.45) is 0 Å². The summed E-state index contributed by atoms with van der Waals surface area (Å²) < 4.78 is 0. The van der Waals surface area contributed by atoms with Crippen molar-refractivity contribution in [1.82, 2.24) is 5.32 Å². The maximum absolute atomic E-state index is 3.69. The zero-order chi connectivity index (χ0) is 13.1. The van der Waals surface area contributed by atoms with Crippen molar-refractivity contribution in [3.05, 3.63) is 29.3 Å². The Labute approximate surface area is 117 Å². The van der Waals surface area contributed by atoms with Gasteiger partial charge in [-0.15, -0.1) is 0 Å². The maximum atomic E-state index is 3.69. The summed E-state index contributed by atoms with van der Waals surface area (Å²) in [7, 11) is 0. The van der Waals surface area contributed by atoms with Crippen molar-refractivity contribution in [2.45, 2.75) is 51.5 Å². The highest BCUT2D eigenvalue weighted by molar-refractivity contribution is 5.52. The smallest absolute Gasteiger partial charge is 0.0369 e. The monoisotopic (exact) mass is 258 g/mol. The van der Waals surface area contributed by atoms with E-state index in [9.17, 15) is 0 Å². The van der Waals surface area contributed by atoms with Crippen LogP contribution in [0.4, 0.5) is 5.69 Å². The maximum Gasteiger partial charge on any atom is 0.0369 e. The van der Waals surface area contributed by atoms with Crippen molar-refractivity contribution in [1.29, 1.82) is 0 Å². The molecular formula is C17H26N2. The second-order valence-electron chi connectivity index (χ2n) is 6.05. The number of hydrogen-bond acceptors (Lipinski definition) is 2. The van der Waals surface area contributed by atoms with Gasteiger partial charge >= 0.3 is 0 Å². The normalized spacial score (nSPS) is 23.2. The Balaban J connectivity index is 1.76. The van der Waals surface area contributed by atoms with Crippen LogP contribution in [0.15, 0.2) is 18.2 Å². The summed E-state index contributed by atoms with van der Waals surface area (Å²) >= 11 is 0. The second-order valence-corrected chi connectivity index (χ2v) is 6.05. The number of nitrogens with one attached hydrogen (secondary N) is 1. The van der Waals surface area contributed by atoms with E-state index in [4.69, 9.17) is 0 Å². The molecule has 2 aliphatic rings. The number of benzene rings is 1. The Morgan fingerprint density at radius 3 is 3.00 bits per heavy atom. The first kappa shape index (κ1) is 13.0. The third-order valence-electron chi connectivity index (χ3n) is 4.56. The summed E-state index contributed by atoms with van der Waals surface area (Å²) in [6, 6.07) is 7.83. The lowest BCUT2D eigenvalue weighted by atomic mass is 10.1. The minimum atomic E-state index is 0.667. The molecule has 1 saturated heterocycles. The van der Waals surface area contributed by atoms with Gasteiger partial charge in [0.15, 0.2) is 0 Å². The molecule has 0 amide bonds. The quantitative estimate of drug-likeness (QED) is 0.896. The van der Waals surface area contributed by atoms with Crippen molar-refractivity contribution < 1.29 is 0 Å². The molecule has 0 aromatic heterocycles.